The van der Waals surface area contributed by atoms with Crippen LogP contribution in [0.15, 0.2) is 59.7 Å². The Kier molecular flexibility index (Phi) is 7.78. The van der Waals surface area contributed by atoms with Crippen molar-refractivity contribution in [3.63, 3.8) is 0 Å². The second-order valence-electron chi connectivity index (χ2n) is 6.11. The molecule has 0 heterocycles. The van der Waals surface area contributed by atoms with Crippen LogP contribution in [0.2, 0.25) is 0 Å². The number of amides is 1. The number of carbonyl (C=O) groups is 1. The third-order valence-electron chi connectivity index (χ3n) is 3.79. The first-order valence-electron chi connectivity index (χ1n) is 8.35. The molecule has 0 aliphatic carbocycles. The van der Waals surface area contributed by atoms with Gasteiger partial charge in [-0.2, -0.15) is 5.10 Å². The molecule has 1 amide bonds. The summed E-state index contributed by atoms with van der Waals surface area (Å²) in [5.41, 5.74) is 4.85. The summed E-state index contributed by atoms with van der Waals surface area (Å²) in [7, 11) is -3.59. The molecule has 0 aliphatic heterocycles. The van der Waals surface area contributed by atoms with E-state index in [0.717, 1.165) is 26.3 Å². The van der Waals surface area contributed by atoms with Crippen molar-refractivity contribution in [2.75, 3.05) is 17.1 Å². The minimum absolute atomic E-state index is 0.325. The summed E-state index contributed by atoms with van der Waals surface area (Å²) in [6.45, 7) is 1.51. The maximum Gasteiger partial charge on any atom is 0.260 e. The molecule has 2 aromatic rings. The highest BCUT2D eigenvalue weighted by Crippen LogP contribution is 2.18. The Morgan fingerprint density at radius 3 is 2.33 bits per heavy atom. The number of benzene rings is 2. The average Bonchev–Trinajstić information content (AvgIpc) is 2.63. The van der Waals surface area contributed by atoms with Crippen LogP contribution in [0.3, 0.4) is 0 Å². The smallest absolute Gasteiger partial charge is 0.260 e. The summed E-state index contributed by atoms with van der Waals surface area (Å²) in [6.07, 6.45) is 2.61. The number of sulfonamides is 1. The number of nitrogens with zero attached hydrogens (tertiary/aromatic N) is 2. The molecule has 6 nitrogen and oxygen atoms in total. The van der Waals surface area contributed by atoms with Crippen molar-refractivity contribution in [3.05, 3.63) is 63.7 Å². The minimum Gasteiger partial charge on any atom is -0.271 e. The van der Waals surface area contributed by atoms with E-state index < -0.39 is 15.9 Å². The van der Waals surface area contributed by atoms with E-state index in [4.69, 9.17) is 0 Å². The van der Waals surface area contributed by atoms with Crippen LogP contribution in [0.1, 0.15) is 18.9 Å². The Balaban J connectivity index is 1.96. The molecule has 144 valence electrons. The summed E-state index contributed by atoms with van der Waals surface area (Å²) in [4.78, 5) is 12.2. The number of hydrogen-bond donors (Lipinski definition) is 1. The van der Waals surface area contributed by atoms with Gasteiger partial charge in [0.1, 0.15) is 6.54 Å². The molecule has 0 saturated heterocycles. The molecule has 2 aromatic carbocycles. The fourth-order valence-corrected chi connectivity index (χ4v) is 3.57. The quantitative estimate of drug-likeness (QED) is 0.344. The van der Waals surface area contributed by atoms with Crippen LogP contribution in [0, 0.1) is 3.57 Å². The lowest BCUT2D eigenvalue weighted by molar-refractivity contribution is -0.119. The number of nitrogens with one attached hydrogen (secondary N) is 1. The van der Waals surface area contributed by atoms with Crippen molar-refractivity contribution < 1.29 is 13.2 Å². The highest BCUT2D eigenvalue weighted by atomic mass is 127. The van der Waals surface area contributed by atoms with Crippen molar-refractivity contribution in [2.45, 2.75) is 19.8 Å². The molecule has 2 rings (SSSR count). The van der Waals surface area contributed by atoms with Gasteiger partial charge in [-0.1, -0.05) is 30.3 Å². The molecule has 0 atom stereocenters. The third-order valence-corrected chi connectivity index (χ3v) is 5.65. The van der Waals surface area contributed by atoms with Gasteiger partial charge in [-0.25, -0.2) is 13.8 Å². The fourth-order valence-electron chi connectivity index (χ4n) is 2.36. The molecule has 0 aromatic heterocycles. The van der Waals surface area contributed by atoms with E-state index in [1.54, 1.807) is 24.3 Å². The number of carbonyl (C=O) groups excluding carboxylic acids is 1. The van der Waals surface area contributed by atoms with Gasteiger partial charge in [0.05, 0.1) is 11.9 Å². The number of anilines is 1. The molecule has 0 aliphatic rings. The first kappa shape index (κ1) is 21.4. The minimum atomic E-state index is -3.59. The van der Waals surface area contributed by atoms with Crippen molar-refractivity contribution >= 4 is 49.9 Å². The van der Waals surface area contributed by atoms with Gasteiger partial charge in [-0.3, -0.25) is 9.10 Å². The molecule has 0 bridgehead atoms. The van der Waals surface area contributed by atoms with Crippen LogP contribution < -0.4 is 9.73 Å². The SMILES string of the molecule is C/C(CCc1ccccc1)=N/NC(=O)CN(c1ccc(I)cc1)S(C)(=O)=O. The molecule has 27 heavy (non-hydrogen) atoms. The molecule has 8 heteroatoms. The van der Waals surface area contributed by atoms with E-state index in [2.05, 4.69) is 33.1 Å². The molecule has 0 spiro atoms. The van der Waals surface area contributed by atoms with Gasteiger partial charge in [0, 0.05) is 9.28 Å². The molecule has 0 radical (unpaired) electrons. The van der Waals surface area contributed by atoms with E-state index in [-0.39, 0.29) is 6.54 Å². The molecule has 1 N–H and O–H groups in total. The Hall–Kier alpha value is -1.94. The van der Waals surface area contributed by atoms with Crippen LogP contribution in [-0.2, 0) is 21.2 Å². The van der Waals surface area contributed by atoms with E-state index >= 15 is 0 Å². The number of aryl methyl sites for hydroxylation is 1. The predicted molar refractivity (Wildman–Crippen MR) is 117 cm³/mol. The van der Waals surface area contributed by atoms with Gasteiger partial charge >= 0.3 is 0 Å². The summed E-state index contributed by atoms with van der Waals surface area (Å²) in [6, 6.07) is 16.9. The largest absolute Gasteiger partial charge is 0.271 e. The summed E-state index contributed by atoms with van der Waals surface area (Å²) in [5, 5.41) is 4.08. The van der Waals surface area contributed by atoms with E-state index in [1.165, 1.54) is 5.56 Å². The highest BCUT2D eigenvalue weighted by Gasteiger charge is 2.20. The average molecular weight is 499 g/mol. The Bertz CT molecular complexity index is 898. The number of halogens is 1. The summed E-state index contributed by atoms with van der Waals surface area (Å²) in [5.74, 6) is -0.488. The molecular formula is C19H22IN3O3S. The number of rotatable bonds is 8. The second kappa shape index (κ2) is 9.84. The number of hydrazone groups is 1. The zero-order valence-corrected chi connectivity index (χ0v) is 18.2. The van der Waals surface area contributed by atoms with Gasteiger partial charge in [0.2, 0.25) is 10.0 Å². The maximum absolute atomic E-state index is 12.2. The molecule has 0 unspecified atom stereocenters. The monoisotopic (exact) mass is 499 g/mol. The second-order valence-corrected chi connectivity index (χ2v) is 9.27. The van der Waals surface area contributed by atoms with Gasteiger partial charge < -0.3 is 0 Å². The third kappa shape index (κ3) is 7.30. The molecule has 0 saturated carbocycles. The lowest BCUT2D eigenvalue weighted by Gasteiger charge is -2.21. The topological polar surface area (TPSA) is 78.8 Å². The first-order valence-corrected chi connectivity index (χ1v) is 11.3. The maximum atomic E-state index is 12.2. The molecular weight excluding hydrogens is 477 g/mol. The van der Waals surface area contributed by atoms with Gasteiger partial charge in [0.15, 0.2) is 0 Å². The van der Waals surface area contributed by atoms with Crippen molar-refractivity contribution in [2.24, 2.45) is 5.10 Å². The standard InChI is InChI=1S/C19H22IN3O3S/c1-15(8-9-16-6-4-3-5-7-16)21-22-19(24)14-23(27(2,25)26)18-12-10-17(20)11-13-18/h3-7,10-13H,8-9,14H2,1-2H3,(H,22,24)/b21-15-. The fraction of sp³-hybridized carbons (Fsp3) is 0.263. The predicted octanol–water partition coefficient (Wildman–Crippen LogP) is 3.18. The van der Waals surface area contributed by atoms with Crippen LogP contribution in [-0.4, -0.2) is 32.8 Å². The van der Waals surface area contributed by atoms with Crippen LogP contribution >= 0.6 is 22.6 Å². The van der Waals surface area contributed by atoms with Crippen molar-refractivity contribution in [3.8, 4) is 0 Å². The van der Waals surface area contributed by atoms with Gasteiger partial charge in [-0.05, 0) is 72.2 Å². The Morgan fingerprint density at radius 1 is 1.11 bits per heavy atom. The normalized spacial score (nSPS) is 11.9. The van der Waals surface area contributed by atoms with Crippen LogP contribution in [0.4, 0.5) is 5.69 Å². The highest BCUT2D eigenvalue weighted by molar-refractivity contribution is 14.1. The van der Waals surface area contributed by atoms with E-state index in [0.29, 0.717) is 12.1 Å². The van der Waals surface area contributed by atoms with Crippen LogP contribution in [0.25, 0.3) is 0 Å². The lowest BCUT2D eigenvalue weighted by Crippen LogP contribution is -2.39. The van der Waals surface area contributed by atoms with Crippen LogP contribution in [0.5, 0.6) is 0 Å². The van der Waals surface area contributed by atoms with E-state index in [1.807, 2.05) is 37.3 Å². The summed E-state index contributed by atoms with van der Waals surface area (Å²) >= 11 is 2.13. The Morgan fingerprint density at radius 2 is 1.74 bits per heavy atom. The van der Waals surface area contributed by atoms with Gasteiger partial charge in [0.25, 0.3) is 5.91 Å². The summed E-state index contributed by atoms with van der Waals surface area (Å²) < 4.78 is 26.2. The lowest BCUT2D eigenvalue weighted by atomic mass is 10.1. The number of hydrogen-bond acceptors (Lipinski definition) is 4. The van der Waals surface area contributed by atoms with Gasteiger partial charge in [-0.15, -0.1) is 0 Å². The van der Waals surface area contributed by atoms with E-state index in [9.17, 15) is 13.2 Å². The first-order chi connectivity index (χ1) is 12.8. The van der Waals surface area contributed by atoms with Crippen molar-refractivity contribution in [1.29, 1.82) is 0 Å². The zero-order valence-electron chi connectivity index (χ0n) is 15.2. The zero-order chi connectivity index (χ0) is 19.9. The molecule has 0 fully saturated rings. The van der Waals surface area contributed by atoms with Crippen molar-refractivity contribution in [1.82, 2.24) is 5.43 Å². The Labute approximate surface area is 173 Å².